The first-order valence-corrected chi connectivity index (χ1v) is 9.77. The zero-order valence-electron chi connectivity index (χ0n) is 16.9. The first kappa shape index (κ1) is 19.7. The minimum absolute atomic E-state index is 0.339. The summed E-state index contributed by atoms with van der Waals surface area (Å²) < 4.78 is 0. The second kappa shape index (κ2) is 7.74. The van der Waals surface area contributed by atoms with Crippen molar-refractivity contribution in [2.45, 2.75) is 54.4 Å². The van der Waals surface area contributed by atoms with Crippen LogP contribution in [0.15, 0.2) is 0 Å². The van der Waals surface area contributed by atoms with Gasteiger partial charge in [0.2, 0.25) is 5.91 Å². The molecule has 0 spiro atoms. The SMILES string of the molecule is CC(C)(C)CN1CCN(CC(=O)N2CCC(C(C)(C)C)CC2)CC1. The van der Waals surface area contributed by atoms with Crippen molar-refractivity contribution in [3.63, 3.8) is 0 Å². The topological polar surface area (TPSA) is 26.8 Å². The first-order valence-electron chi connectivity index (χ1n) is 9.77. The van der Waals surface area contributed by atoms with Gasteiger partial charge in [0, 0.05) is 45.8 Å². The molecule has 0 aromatic heterocycles. The van der Waals surface area contributed by atoms with Crippen molar-refractivity contribution in [1.82, 2.24) is 14.7 Å². The van der Waals surface area contributed by atoms with E-state index in [4.69, 9.17) is 0 Å². The van der Waals surface area contributed by atoms with E-state index in [1.165, 1.54) is 0 Å². The van der Waals surface area contributed by atoms with Crippen LogP contribution in [0.3, 0.4) is 0 Å². The maximum atomic E-state index is 12.6. The molecule has 0 atom stereocenters. The van der Waals surface area contributed by atoms with Crippen molar-refractivity contribution in [1.29, 1.82) is 0 Å². The molecule has 0 aliphatic carbocycles. The third-order valence-electron chi connectivity index (χ3n) is 5.59. The van der Waals surface area contributed by atoms with Gasteiger partial charge in [-0.05, 0) is 29.6 Å². The van der Waals surface area contributed by atoms with Gasteiger partial charge in [0.05, 0.1) is 6.54 Å². The van der Waals surface area contributed by atoms with Gasteiger partial charge in [-0.25, -0.2) is 0 Å². The molecule has 140 valence electrons. The Balaban J connectivity index is 1.71. The van der Waals surface area contributed by atoms with Gasteiger partial charge in [-0.15, -0.1) is 0 Å². The molecule has 2 saturated heterocycles. The maximum absolute atomic E-state index is 12.6. The summed E-state index contributed by atoms with van der Waals surface area (Å²) in [6.07, 6.45) is 2.32. The van der Waals surface area contributed by atoms with E-state index in [9.17, 15) is 4.79 Å². The summed E-state index contributed by atoms with van der Waals surface area (Å²) >= 11 is 0. The van der Waals surface area contributed by atoms with Crippen LogP contribution < -0.4 is 0 Å². The zero-order chi connectivity index (χ0) is 18.0. The lowest BCUT2D eigenvalue weighted by molar-refractivity contribution is -0.134. The highest BCUT2D eigenvalue weighted by Gasteiger charge is 2.31. The zero-order valence-corrected chi connectivity index (χ0v) is 16.9. The van der Waals surface area contributed by atoms with Crippen molar-refractivity contribution in [3.05, 3.63) is 0 Å². The summed E-state index contributed by atoms with van der Waals surface area (Å²) in [7, 11) is 0. The predicted octanol–water partition coefficient (Wildman–Crippen LogP) is 2.93. The van der Waals surface area contributed by atoms with Crippen molar-refractivity contribution in [2.24, 2.45) is 16.7 Å². The van der Waals surface area contributed by atoms with E-state index in [1.807, 2.05) is 0 Å². The summed E-state index contributed by atoms with van der Waals surface area (Å²) in [6, 6.07) is 0. The molecule has 0 aromatic carbocycles. The number of carbonyl (C=O) groups is 1. The van der Waals surface area contributed by atoms with Gasteiger partial charge < -0.3 is 9.80 Å². The highest BCUT2D eigenvalue weighted by Crippen LogP contribution is 2.34. The van der Waals surface area contributed by atoms with Crippen molar-refractivity contribution < 1.29 is 4.79 Å². The fraction of sp³-hybridized carbons (Fsp3) is 0.950. The lowest BCUT2D eigenvalue weighted by Gasteiger charge is -2.40. The van der Waals surface area contributed by atoms with Crippen LogP contribution in [0.5, 0.6) is 0 Å². The standard InChI is InChI=1S/C20H39N3O/c1-19(2,3)16-22-13-11-21(12-14-22)15-18(24)23-9-7-17(8-10-23)20(4,5)6/h17H,7-16H2,1-6H3. The first-order chi connectivity index (χ1) is 11.0. The van der Waals surface area contributed by atoms with Gasteiger partial charge in [0.1, 0.15) is 0 Å². The number of piperazine rings is 1. The highest BCUT2D eigenvalue weighted by atomic mass is 16.2. The van der Waals surface area contributed by atoms with Crippen LogP contribution in [0, 0.1) is 16.7 Å². The van der Waals surface area contributed by atoms with E-state index in [0.29, 0.717) is 23.3 Å². The van der Waals surface area contributed by atoms with E-state index in [-0.39, 0.29) is 0 Å². The largest absolute Gasteiger partial charge is 0.342 e. The van der Waals surface area contributed by atoms with E-state index in [1.54, 1.807) is 0 Å². The molecular weight excluding hydrogens is 298 g/mol. The molecule has 0 unspecified atom stereocenters. The molecule has 4 heteroatoms. The van der Waals surface area contributed by atoms with Crippen LogP contribution in [0.2, 0.25) is 0 Å². The summed E-state index contributed by atoms with van der Waals surface area (Å²) in [5.41, 5.74) is 0.730. The van der Waals surface area contributed by atoms with Gasteiger partial charge in [0.25, 0.3) is 0 Å². The van der Waals surface area contributed by atoms with Gasteiger partial charge in [-0.2, -0.15) is 0 Å². The number of amides is 1. The Morgan fingerprint density at radius 3 is 1.79 bits per heavy atom. The molecule has 0 saturated carbocycles. The normalized spacial score (nSPS) is 22.8. The van der Waals surface area contributed by atoms with Gasteiger partial charge in [0.15, 0.2) is 0 Å². The van der Waals surface area contributed by atoms with Gasteiger partial charge in [-0.3, -0.25) is 9.69 Å². The number of piperidine rings is 1. The Morgan fingerprint density at radius 2 is 1.33 bits per heavy atom. The molecule has 0 aromatic rings. The molecular formula is C20H39N3O. The number of rotatable bonds is 3. The summed E-state index contributed by atoms with van der Waals surface area (Å²) in [6.45, 7) is 21.8. The highest BCUT2D eigenvalue weighted by molar-refractivity contribution is 5.78. The molecule has 2 fully saturated rings. The molecule has 0 radical (unpaired) electrons. The minimum Gasteiger partial charge on any atom is -0.342 e. The molecule has 24 heavy (non-hydrogen) atoms. The Labute approximate surface area is 149 Å². The molecule has 0 N–H and O–H groups in total. The van der Waals surface area contributed by atoms with Crippen LogP contribution in [0.1, 0.15) is 54.4 Å². The monoisotopic (exact) mass is 337 g/mol. The number of hydrogen-bond donors (Lipinski definition) is 0. The fourth-order valence-electron chi connectivity index (χ4n) is 4.06. The Hall–Kier alpha value is -0.610. The Morgan fingerprint density at radius 1 is 0.833 bits per heavy atom. The Bertz CT molecular complexity index is 406. The summed E-state index contributed by atoms with van der Waals surface area (Å²) in [5.74, 6) is 1.09. The lowest BCUT2D eigenvalue weighted by atomic mass is 9.75. The number of carbonyl (C=O) groups excluding carboxylic acids is 1. The van der Waals surface area contributed by atoms with Gasteiger partial charge in [-0.1, -0.05) is 41.5 Å². The molecule has 2 aliphatic heterocycles. The molecule has 1 amide bonds. The van der Waals surface area contributed by atoms with Crippen LogP contribution in [-0.2, 0) is 4.79 Å². The van der Waals surface area contributed by atoms with E-state index in [0.717, 1.165) is 64.6 Å². The quantitative estimate of drug-likeness (QED) is 0.792. The van der Waals surface area contributed by atoms with Crippen molar-refractivity contribution in [3.8, 4) is 0 Å². The average molecular weight is 338 g/mol. The van der Waals surface area contributed by atoms with E-state index in [2.05, 4.69) is 56.2 Å². The molecule has 4 nitrogen and oxygen atoms in total. The molecule has 2 rings (SSSR count). The second-order valence-corrected chi connectivity index (χ2v) is 10.1. The molecule has 2 heterocycles. The molecule has 0 bridgehead atoms. The third-order valence-corrected chi connectivity index (χ3v) is 5.59. The fourth-order valence-corrected chi connectivity index (χ4v) is 4.06. The molecule has 2 aliphatic rings. The second-order valence-electron chi connectivity index (χ2n) is 10.1. The van der Waals surface area contributed by atoms with Crippen LogP contribution >= 0.6 is 0 Å². The maximum Gasteiger partial charge on any atom is 0.236 e. The number of hydrogen-bond acceptors (Lipinski definition) is 3. The van der Waals surface area contributed by atoms with E-state index >= 15 is 0 Å². The predicted molar refractivity (Wildman–Crippen MR) is 101 cm³/mol. The van der Waals surface area contributed by atoms with Crippen LogP contribution in [-0.4, -0.2) is 73.0 Å². The Kier molecular flexibility index (Phi) is 6.35. The summed E-state index contributed by atoms with van der Waals surface area (Å²) in [4.78, 5) is 19.6. The van der Waals surface area contributed by atoms with E-state index < -0.39 is 0 Å². The van der Waals surface area contributed by atoms with Crippen molar-refractivity contribution >= 4 is 5.91 Å². The number of nitrogens with zero attached hydrogens (tertiary/aromatic N) is 3. The average Bonchev–Trinajstić information content (AvgIpc) is 2.47. The smallest absolute Gasteiger partial charge is 0.236 e. The van der Waals surface area contributed by atoms with Crippen LogP contribution in [0.4, 0.5) is 0 Å². The van der Waals surface area contributed by atoms with Crippen LogP contribution in [0.25, 0.3) is 0 Å². The summed E-state index contributed by atoms with van der Waals surface area (Å²) in [5, 5.41) is 0. The van der Waals surface area contributed by atoms with Gasteiger partial charge >= 0.3 is 0 Å². The minimum atomic E-state index is 0.339. The lowest BCUT2D eigenvalue weighted by Crippen LogP contribution is -2.52. The van der Waals surface area contributed by atoms with Crippen molar-refractivity contribution in [2.75, 3.05) is 52.4 Å². The number of likely N-dealkylation sites (tertiary alicyclic amines) is 1. The third kappa shape index (κ3) is 6.03.